The van der Waals surface area contributed by atoms with Crippen molar-refractivity contribution < 1.29 is 4.39 Å². The van der Waals surface area contributed by atoms with Crippen LogP contribution in [-0.4, -0.2) is 25.5 Å². The topological polar surface area (TPSA) is 3.24 Å². The van der Waals surface area contributed by atoms with E-state index in [1.807, 2.05) is 12.1 Å². The van der Waals surface area contributed by atoms with E-state index in [0.29, 0.717) is 11.8 Å². The molecule has 2 atom stereocenters. The standard InChI is InChI=1S/C18H20FN/c1-20(2)12-14-11-18(13-7-9-15(19)10-8-13)17-6-4-3-5-16(14)17/h3-10,14,18H,11-12H2,1-2H3/t14-,18-/m0/s1. The second-order valence-corrected chi connectivity index (χ2v) is 5.93. The van der Waals surface area contributed by atoms with Gasteiger partial charge in [-0.05, 0) is 55.3 Å². The molecule has 0 saturated carbocycles. The van der Waals surface area contributed by atoms with Gasteiger partial charge in [0.15, 0.2) is 0 Å². The van der Waals surface area contributed by atoms with Crippen LogP contribution in [0.5, 0.6) is 0 Å². The zero-order valence-electron chi connectivity index (χ0n) is 12.0. The molecule has 1 aliphatic carbocycles. The van der Waals surface area contributed by atoms with Gasteiger partial charge < -0.3 is 4.90 Å². The van der Waals surface area contributed by atoms with Crippen LogP contribution in [0.3, 0.4) is 0 Å². The van der Waals surface area contributed by atoms with Crippen LogP contribution < -0.4 is 0 Å². The second kappa shape index (κ2) is 5.37. The highest BCUT2D eigenvalue weighted by molar-refractivity contribution is 5.44. The molecule has 2 aromatic rings. The Morgan fingerprint density at radius 1 is 1.00 bits per heavy atom. The van der Waals surface area contributed by atoms with E-state index in [1.165, 1.54) is 16.7 Å². The van der Waals surface area contributed by atoms with E-state index in [4.69, 9.17) is 0 Å². The van der Waals surface area contributed by atoms with Gasteiger partial charge in [-0.3, -0.25) is 0 Å². The van der Waals surface area contributed by atoms with Gasteiger partial charge in [0.25, 0.3) is 0 Å². The molecule has 20 heavy (non-hydrogen) atoms. The Labute approximate surface area is 120 Å². The molecule has 104 valence electrons. The molecule has 0 aromatic heterocycles. The fraction of sp³-hybridized carbons (Fsp3) is 0.333. The summed E-state index contributed by atoms with van der Waals surface area (Å²) in [6, 6.07) is 15.7. The zero-order chi connectivity index (χ0) is 14.1. The lowest BCUT2D eigenvalue weighted by Crippen LogP contribution is -2.19. The van der Waals surface area contributed by atoms with Crippen LogP contribution in [0, 0.1) is 5.82 Å². The molecule has 0 bridgehead atoms. The largest absolute Gasteiger partial charge is 0.309 e. The minimum absolute atomic E-state index is 0.162. The maximum Gasteiger partial charge on any atom is 0.123 e. The second-order valence-electron chi connectivity index (χ2n) is 5.93. The Morgan fingerprint density at radius 2 is 1.65 bits per heavy atom. The summed E-state index contributed by atoms with van der Waals surface area (Å²) in [5, 5.41) is 0. The van der Waals surface area contributed by atoms with E-state index in [2.05, 4.69) is 43.3 Å². The lowest BCUT2D eigenvalue weighted by Gasteiger charge is -2.17. The molecule has 0 amide bonds. The fourth-order valence-corrected chi connectivity index (χ4v) is 3.36. The first-order chi connectivity index (χ1) is 9.65. The van der Waals surface area contributed by atoms with Gasteiger partial charge >= 0.3 is 0 Å². The van der Waals surface area contributed by atoms with Crippen molar-refractivity contribution >= 4 is 0 Å². The van der Waals surface area contributed by atoms with Gasteiger partial charge in [0.2, 0.25) is 0 Å². The van der Waals surface area contributed by atoms with E-state index < -0.39 is 0 Å². The van der Waals surface area contributed by atoms with E-state index >= 15 is 0 Å². The van der Waals surface area contributed by atoms with Gasteiger partial charge in [0, 0.05) is 12.5 Å². The van der Waals surface area contributed by atoms with Crippen molar-refractivity contribution in [3.05, 3.63) is 71.0 Å². The lowest BCUT2D eigenvalue weighted by atomic mass is 9.92. The Morgan fingerprint density at radius 3 is 2.30 bits per heavy atom. The first kappa shape index (κ1) is 13.3. The highest BCUT2D eigenvalue weighted by atomic mass is 19.1. The quantitative estimate of drug-likeness (QED) is 0.814. The highest BCUT2D eigenvalue weighted by Crippen LogP contribution is 2.45. The van der Waals surface area contributed by atoms with Crippen molar-refractivity contribution in [3.8, 4) is 0 Å². The third-order valence-electron chi connectivity index (χ3n) is 4.19. The third kappa shape index (κ3) is 2.48. The fourth-order valence-electron chi connectivity index (χ4n) is 3.36. The average Bonchev–Trinajstić information content (AvgIpc) is 2.78. The number of benzene rings is 2. The van der Waals surface area contributed by atoms with Gasteiger partial charge in [0.1, 0.15) is 5.82 Å². The van der Waals surface area contributed by atoms with Gasteiger partial charge in [-0.2, -0.15) is 0 Å². The Hall–Kier alpha value is -1.67. The molecule has 2 heteroatoms. The van der Waals surface area contributed by atoms with Gasteiger partial charge in [-0.15, -0.1) is 0 Å². The van der Waals surface area contributed by atoms with Crippen LogP contribution in [0.1, 0.15) is 34.9 Å². The van der Waals surface area contributed by atoms with Crippen LogP contribution in [0.15, 0.2) is 48.5 Å². The van der Waals surface area contributed by atoms with Crippen molar-refractivity contribution in [2.45, 2.75) is 18.3 Å². The summed E-state index contributed by atoms with van der Waals surface area (Å²) < 4.78 is 13.1. The number of hydrogen-bond donors (Lipinski definition) is 0. The maximum atomic E-state index is 13.1. The monoisotopic (exact) mass is 269 g/mol. The smallest absolute Gasteiger partial charge is 0.123 e. The summed E-state index contributed by atoms with van der Waals surface area (Å²) in [5.41, 5.74) is 4.08. The molecule has 0 N–H and O–H groups in total. The van der Waals surface area contributed by atoms with Crippen molar-refractivity contribution in [1.82, 2.24) is 4.90 Å². The predicted octanol–water partition coefficient (Wildman–Crippen LogP) is 4.01. The van der Waals surface area contributed by atoms with Crippen LogP contribution in [-0.2, 0) is 0 Å². The normalized spacial score (nSPS) is 21.2. The summed E-state index contributed by atoms with van der Waals surface area (Å²) in [7, 11) is 4.24. The molecule has 3 rings (SSSR count). The molecule has 0 spiro atoms. The third-order valence-corrected chi connectivity index (χ3v) is 4.19. The Kier molecular flexibility index (Phi) is 3.58. The summed E-state index contributed by atoms with van der Waals surface area (Å²) in [6.07, 6.45) is 1.11. The number of halogens is 1. The molecule has 0 aliphatic heterocycles. The van der Waals surface area contributed by atoms with Crippen molar-refractivity contribution in [2.24, 2.45) is 0 Å². The van der Waals surface area contributed by atoms with Crippen LogP contribution in [0.25, 0.3) is 0 Å². The molecule has 0 heterocycles. The minimum atomic E-state index is -0.162. The first-order valence-electron chi connectivity index (χ1n) is 7.14. The van der Waals surface area contributed by atoms with Crippen LogP contribution in [0.2, 0.25) is 0 Å². The number of hydrogen-bond acceptors (Lipinski definition) is 1. The molecule has 2 aromatic carbocycles. The van der Waals surface area contributed by atoms with Crippen LogP contribution >= 0.6 is 0 Å². The molecular weight excluding hydrogens is 249 g/mol. The van der Waals surface area contributed by atoms with E-state index in [1.54, 1.807) is 12.1 Å². The van der Waals surface area contributed by atoms with Gasteiger partial charge in [-0.25, -0.2) is 4.39 Å². The minimum Gasteiger partial charge on any atom is -0.309 e. The summed E-state index contributed by atoms with van der Waals surface area (Å²) >= 11 is 0. The van der Waals surface area contributed by atoms with Crippen LogP contribution in [0.4, 0.5) is 4.39 Å². The Bertz CT molecular complexity index is 589. The Balaban J connectivity index is 1.96. The first-order valence-corrected chi connectivity index (χ1v) is 7.14. The molecule has 1 nitrogen and oxygen atoms in total. The number of rotatable bonds is 3. The molecule has 1 aliphatic rings. The molecule has 0 fully saturated rings. The summed E-state index contributed by atoms with van der Waals surface area (Å²) in [6.45, 7) is 1.06. The maximum absolute atomic E-state index is 13.1. The average molecular weight is 269 g/mol. The van der Waals surface area contributed by atoms with Gasteiger partial charge in [-0.1, -0.05) is 36.4 Å². The van der Waals surface area contributed by atoms with Crippen molar-refractivity contribution in [2.75, 3.05) is 20.6 Å². The predicted molar refractivity (Wildman–Crippen MR) is 80.6 cm³/mol. The van der Waals surface area contributed by atoms with Crippen molar-refractivity contribution in [1.29, 1.82) is 0 Å². The van der Waals surface area contributed by atoms with E-state index in [-0.39, 0.29) is 5.82 Å². The number of nitrogens with zero attached hydrogens (tertiary/aromatic N) is 1. The summed E-state index contributed by atoms with van der Waals surface area (Å²) in [4.78, 5) is 2.24. The number of likely N-dealkylation sites (N-methyl/N-ethyl adjacent to an activating group) is 1. The summed E-state index contributed by atoms with van der Waals surface area (Å²) in [5.74, 6) is 0.804. The number of fused-ring (bicyclic) bond motifs is 1. The van der Waals surface area contributed by atoms with E-state index in [0.717, 1.165) is 13.0 Å². The molecule has 0 saturated heterocycles. The van der Waals surface area contributed by atoms with Crippen molar-refractivity contribution in [3.63, 3.8) is 0 Å². The molecular formula is C18H20FN. The SMILES string of the molecule is CN(C)C[C@@H]1C[C@@H](c2ccc(F)cc2)c2ccccc21. The highest BCUT2D eigenvalue weighted by Gasteiger charge is 2.31. The molecule has 0 unspecified atom stereocenters. The zero-order valence-corrected chi connectivity index (χ0v) is 12.0. The van der Waals surface area contributed by atoms with Gasteiger partial charge in [0.05, 0.1) is 0 Å². The molecule has 0 radical (unpaired) electrons. The lowest BCUT2D eigenvalue weighted by molar-refractivity contribution is 0.368. The van der Waals surface area contributed by atoms with E-state index in [9.17, 15) is 4.39 Å².